The van der Waals surface area contributed by atoms with Gasteiger partial charge in [-0.25, -0.2) is 18.5 Å². The van der Waals surface area contributed by atoms with Crippen molar-refractivity contribution in [3.05, 3.63) is 32.6 Å². The fraction of sp³-hybridized carbons (Fsp3) is 0.636. The van der Waals surface area contributed by atoms with E-state index in [1.165, 1.54) is 13.1 Å². The van der Waals surface area contributed by atoms with Crippen molar-refractivity contribution < 1.29 is 56.3 Å². The fourth-order valence-electron chi connectivity index (χ4n) is 2.31. The van der Waals surface area contributed by atoms with E-state index in [2.05, 4.69) is 13.1 Å². The lowest BCUT2D eigenvalue weighted by atomic mass is 10.2. The van der Waals surface area contributed by atoms with Crippen molar-refractivity contribution in [3.63, 3.8) is 0 Å². The number of hydrogen-bond donors (Lipinski definition) is 6. The van der Waals surface area contributed by atoms with Crippen LogP contribution in [0.3, 0.4) is 0 Å². The zero-order valence-corrected chi connectivity index (χ0v) is 17.1. The topological polar surface area (TPSA) is 244 Å². The van der Waals surface area contributed by atoms with Gasteiger partial charge in [-0.3, -0.25) is 18.9 Å². The van der Waals surface area contributed by atoms with Gasteiger partial charge >= 0.3 is 29.2 Å². The highest BCUT2D eigenvalue weighted by Gasteiger charge is 2.42. The molecule has 5 atom stereocenters. The first kappa shape index (κ1) is 27.0. The van der Waals surface area contributed by atoms with E-state index in [1.54, 1.807) is 0 Å². The van der Waals surface area contributed by atoms with Gasteiger partial charge in [0.2, 0.25) is 0 Å². The Kier molecular flexibility index (Phi) is 8.70. The highest BCUT2D eigenvalue weighted by molar-refractivity contribution is 7.66. The second-order valence-electron chi connectivity index (χ2n) is 5.80. The molecule has 1 aliphatic rings. The Balaban J connectivity index is 0.00000450. The smallest absolute Gasteiger partial charge is 0.390 e. The predicted molar refractivity (Wildman–Crippen MR) is 97.1 cm³/mol. The van der Waals surface area contributed by atoms with Crippen molar-refractivity contribution in [3.8, 4) is 0 Å². The highest BCUT2D eigenvalue weighted by atomic mass is 31.3. The number of H-pyrrole nitrogens is 1. The molecule has 0 amide bonds. The SMILES string of the molecule is C.Cc1cn([C@H]2C[C@@H](O)[C@@H](COP(=O)(O)OP(=O)(O)OP(=O)(O)O)O2)c(=O)[nH]c1=O. The van der Waals surface area contributed by atoms with Gasteiger partial charge in [-0.15, -0.1) is 0 Å². The van der Waals surface area contributed by atoms with Crippen LogP contribution in [0, 0.1) is 6.92 Å². The number of rotatable bonds is 8. The van der Waals surface area contributed by atoms with E-state index in [0.29, 0.717) is 0 Å². The van der Waals surface area contributed by atoms with E-state index in [9.17, 15) is 33.3 Å². The second kappa shape index (κ2) is 9.65. The lowest BCUT2D eigenvalue weighted by Crippen LogP contribution is -2.33. The third-order valence-corrected chi connectivity index (χ3v) is 7.28. The predicted octanol–water partition coefficient (Wildman–Crippen LogP) is -0.527. The van der Waals surface area contributed by atoms with Crippen LogP contribution >= 0.6 is 23.5 Å². The maximum absolute atomic E-state index is 11.9. The molecule has 1 fully saturated rings. The summed E-state index contributed by atoms with van der Waals surface area (Å²) in [7, 11) is -16.6. The summed E-state index contributed by atoms with van der Waals surface area (Å²) in [4.78, 5) is 60.6. The van der Waals surface area contributed by atoms with Crippen LogP contribution in [0.4, 0.5) is 0 Å². The highest BCUT2D eigenvalue weighted by Crippen LogP contribution is 2.66. The molecule has 2 unspecified atom stereocenters. The minimum Gasteiger partial charge on any atom is -0.390 e. The number of nitrogens with one attached hydrogen (secondary N) is 1. The van der Waals surface area contributed by atoms with Crippen LogP contribution in [-0.4, -0.2) is 53.0 Å². The average Bonchev–Trinajstić information content (AvgIpc) is 2.86. The van der Waals surface area contributed by atoms with Gasteiger partial charge in [-0.2, -0.15) is 8.62 Å². The summed E-state index contributed by atoms with van der Waals surface area (Å²) in [5.74, 6) is 0. The Morgan fingerprint density at radius 1 is 1.17 bits per heavy atom. The normalized spacial score (nSPS) is 25.9. The van der Waals surface area contributed by atoms with Crippen molar-refractivity contribution in [1.29, 1.82) is 0 Å². The zero-order valence-electron chi connectivity index (χ0n) is 14.4. The minimum atomic E-state index is -5.67. The quantitative estimate of drug-likeness (QED) is 0.247. The van der Waals surface area contributed by atoms with Crippen LogP contribution in [0.15, 0.2) is 15.8 Å². The molecule has 30 heavy (non-hydrogen) atoms. The molecule has 0 aliphatic carbocycles. The van der Waals surface area contributed by atoms with Crippen molar-refractivity contribution in [1.82, 2.24) is 9.55 Å². The summed E-state index contributed by atoms with van der Waals surface area (Å²) >= 11 is 0. The van der Waals surface area contributed by atoms with Gasteiger partial charge in [0.15, 0.2) is 0 Å². The fourth-order valence-corrected chi connectivity index (χ4v) is 5.34. The Bertz CT molecular complexity index is 1010. The van der Waals surface area contributed by atoms with Crippen LogP contribution in [-0.2, 0) is 31.6 Å². The van der Waals surface area contributed by atoms with Crippen molar-refractivity contribution in [2.45, 2.75) is 39.2 Å². The number of phosphoric ester groups is 1. The number of hydrogen-bond acceptors (Lipinski definition) is 10. The summed E-state index contributed by atoms with van der Waals surface area (Å²) in [5, 5.41) is 9.98. The van der Waals surface area contributed by atoms with Gasteiger partial charge in [0.05, 0.1) is 12.7 Å². The standard InChI is InChI=1S/C10H17N2O14P3.CH4/c1-5-3-12(10(15)11-9(5)14)8-2-6(13)7(24-8)4-23-28(19,20)26-29(21,22)25-27(16,17)18;/h3,6-8,13H,2,4H2,1H3,(H,19,20)(H,21,22)(H,11,14,15)(H2,16,17,18);1H4/t6-,7-,8-;/m1./s1. The van der Waals surface area contributed by atoms with Crippen molar-refractivity contribution >= 4 is 23.5 Å². The molecule has 1 saturated heterocycles. The molecule has 1 aromatic heterocycles. The van der Waals surface area contributed by atoms with Crippen molar-refractivity contribution in [2.75, 3.05) is 6.61 Å². The molecule has 6 N–H and O–H groups in total. The second-order valence-corrected chi connectivity index (χ2v) is 10.2. The number of aromatic nitrogens is 2. The first-order valence-electron chi connectivity index (χ1n) is 7.52. The lowest BCUT2D eigenvalue weighted by Gasteiger charge is -2.19. The number of aliphatic hydroxyl groups is 1. The largest absolute Gasteiger partial charge is 0.490 e. The van der Waals surface area contributed by atoms with Crippen LogP contribution in [0.25, 0.3) is 0 Å². The molecule has 0 radical (unpaired) electrons. The van der Waals surface area contributed by atoms with Gasteiger partial charge in [0, 0.05) is 18.2 Å². The van der Waals surface area contributed by atoms with E-state index < -0.39 is 59.8 Å². The van der Waals surface area contributed by atoms with Crippen molar-refractivity contribution in [2.24, 2.45) is 0 Å². The molecule has 0 saturated carbocycles. The number of ether oxygens (including phenoxy) is 1. The van der Waals surface area contributed by atoms with Crippen LogP contribution < -0.4 is 11.2 Å². The number of aliphatic hydroxyl groups excluding tert-OH is 1. The molecule has 1 aromatic rings. The number of aromatic amines is 1. The third kappa shape index (κ3) is 7.61. The molecule has 0 aromatic carbocycles. The molecule has 2 rings (SSSR count). The van der Waals surface area contributed by atoms with Gasteiger partial charge in [-0.05, 0) is 6.92 Å². The zero-order chi connectivity index (χ0) is 22.2. The summed E-state index contributed by atoms with van der Waals surface area (Å²) in [6.45, 7) is 0.547. The van der Waals surface area contributed by atoms with E-state index in [4.69, 9.17) is 19.4 Å². The summed E-state index contributed by atoms with van der Waals surface area (Å²) in [5.41, 5.74) is -1.26. The summed E-state index contributed by atoms with van der Waals surface area (Å²) in [6.07, 6.45) is -2.67. The Morgan fingerprint density at radius 3 is 2.33 bits per heavy atom. The Labute approximate surface area is 168 Å². The van der Waals surface area contributed by atoms with E-state index in [0.717, 1.165) is 4.57 Å². The maximum atomic E-state index is 11.9. The number of nitrogens with zero attached hydrogens (tertiary/aromatic N) is 1. The van der Waals surface area contributed by atoms with Gasteiger partial charge in [0.1, 0.15) is 12.3 Å². The first-order valence-corrected chi connectivity index (χ1v) is 12.0. The summed E-state index contributed by atoms with van der Waals surface area (Å²) in [6, 6.07) is 0. The number of phosphoric acid groups is 3. The third-order valence-electron chi connectivity index (χ3n) is 3.48. The van der Waals surface area contributed by atoms with Gasteiger partial charge < -0.3 is 29.4 Å². The van der Waals surface area contributed by atoms with Gasteiger partial charge in [0.25, 0.3) is 5.56 Å². The molecular weight excluding hydrogens is 477 g/mol. The Hall–Kier alpha value is -0.990. The molecule has 1 aliphatic heterocycles. The molecule has 0 spiro atoms. The number of aryl methyl sites for hydroxylation is 1. The average molecular weight is 498 g/mol. The molecular formula is C11H21N2O14P3. The molecule has 174 valence electrons. The monoisotopic (exact) mass is 498 g/mol. The maximum Gasteiger partial charge on any atom is 0.490 e. The molecule has 19 heteroatoms. The lowest BCUT2D eigenvalue weighted by molar-refractivity contribution is -0.0450. The molecule has 0 bridgehead atoms. The van der Waals surface area contributed by atoms with E-state index in [-0.39, 0.29) is 19.4 Å². The van der Waals surface area contributed by atoms with Crippen LogP contribution in [0.2, 0.25) is 0 Å². The van der Waals surface area contributed by atoms with E-state index in [1.807, 2.05) is 4.98 Å². The van der Waals surface area contributed by atoms with Gasteiger partial charge in [-0.1, -0.05) is 7.43 Å². The molecule has 2 heterocycles. The van der Waals surface area contributed by atoms with Crippen LogP contribution in [0.1, 0.15) is 25.6 Å². The minimum absolute atomic E-state index is 0. The first-order chi connectivity index (χ1) is 13.1. The molecule has 16 nitrogen and oxygen atoms in total. The Morgan fingerprint density at radius 2 is 1.77 bits per heavy atom. The summed E-state index contributed by atoms with van der Waals surface area (Å²) < 4.78 is 51.3. The van der Waals surface area contributed by atoms with Crippen LogP contribution in [0.5, 0.6) is 0 Å². The van der Waals surface area contributed by atoms with E-state index >= 15 is 0 Å².